The molecule has 0 atom stereocenters. The van der Waals surface area contributed by atoms with Crippen LogP contribution in [0, 0.1) is 5.82 Å². The van der Waals surface area contributed by atoms with Gasteiger partial charge in [-0.05, 0) is 24.7 Å². The Morgan fingerprint density at radius 3 is 3.00 bits per heavy atom. The largest absolute Gasteiger partial charge is 0.366 e. The van der Waals surface area contributed by atoms with E-state index in [-0.39, 0.29) is 5.82 Å². The molecule has 0 unspecified atom stereocenters. The lowest BCUT2D eigenvalue weighted by Gasteiger charge is -2.06. The first-order chi connectivity index (χ1) is 10.1. The number of halogens is 1. The van der Waals surface area contributed by atoms with Gasteiger partial charge in [0.25, 0.3) is 0 Å². The van der Waals surface area contributed by atoms with Crippen LogP contribution in [0.4, 0.5) is 4.39 Å². The van der Waals surface area contributed by atoms with Gasteiger partial charge in [-0.3, -0.25) is 4.79 Å². The molecule has 0 aliphatic carbocycles. The molecule has 1 aromatic carbocycles. The SMILES string of the molecule is CCNCCc1cn(Cc2cc(C(N)=O)ccc2F)cn1. The number of carbonyl (C=O) groups is 1. The molecule has 1 amide bonds. The molecule has 0 aliphatic rings. The van der Waals surface area contributed by atoms with Crippen molar-refractivity contribution in [2.24, 2.45) is 5.73 Å². The summed E-state index contributed by atoms with van der Waals surface area (Å²) in [5.41, 5.74) is 6.88. The van der Waals surface area contributed by atoms with E-state index in [1.807, 2.05) is 13.1 Å². The van der Waals surface area contributed by atoms with E-state index in [0.29, 0.717) is 17.7 Å². The molecule has 0 bridgehead atoms. The first kappa shape index (κ1) is 15.2. The second kappa shape index (κ2) is 6.99. The second-order valence-corrected chi connectivity index (χ2v) is 4.81. The maximum atomic E-state index is 13.8. The number of amides is 1. The Balaban J connectivity index is 2.07. The zero-order chi connectivity index (χ0) is 15.2. The van der Waals surface area contributed by atoms with Crippen LogP contribution in [-0.4, -0.2) is 28.5 Å². The maximum Gasteiger partial charge on any atom is 0.248 e. The number of nitrogens with one attached hydrogen (secondary N) is 1. The van der Waals surface area contributed by atoms with Gasteiger partial charge < -0.3 is 15.6 Å². The highest BCUT2D eigenvalue weighted by Crippen LogP contribution is 2.12. The molecule has 1 heterocycles. The van der Waals surface area contributed by atoms with Crippen LogP contribution in [0.15, 0.2) is 30.7 Å². The van der Waals surface area contributed by atoms with Crippen molar-refractivity contribution in [3.8, 4) is 0 Å². The standard InChI is InChI=1S/C15H19FN4O/c1-2-18-6-5-13-9-20(10-19-13)8-12-7-11(15(17)21)3-4-14(12)16/h3-4,7,9-10,18H,2,5-6,8H2,1H3,(H2,17,21). The van der Waals surface area contributed by atoms with Gasteiger partial charge in [-0.25, -0.2) is 9.37 Å². The van der Waals surface area contributed by atoms with Crippen LogP contribution < -0.4 is 11.1 Å². The predicted molar refractivity (Wildman–Crippen MR) is 78.5 cm³/mol. The van der Waals surface area contributed by atoms with Crippen LogP contribution in [0.3, 0.4) is 0 Å². The lowest BCUT2D eigenvalue weighted by atomic mass is 10.1. The highest BCUT2D eigenvalue weighted by Gasteiger charge is 2.08. The number of benzene rings is 1. The van der Waals surface area contributed by atoms with E-state index in [4.69, 9.17) is 5.73 Å². The molecule has 21 heavy (non-hydrogen) atoms. The van der Waals surface area contributed by atoms with Crippen molar-refractivity contribution in [3.63, 3.8) is 0 Å². The Kier molecular flexibility index (Phi) is 5.05. The molecule has 1 aromatic heterocycles. The first-order valence-corrected chi connectivity index (χ1v) is 6.89. The van der Waals surface area contributed by atoms with Gasteiger partial charge in [0, 0.05) is 30.3 Å². The van der Waals surface area contributed by atoms with Gasteiger partial charge in [-0.15, -0.1) is 0 Å². The molecule has 0 radical (unpaired) electrons. The predicted octanol–water partition coefficient (Wildman–Crippen LogP) is 1.32. The topological polar surface area (TPSA) is 72.9 Å². The van der Waals surface area contributed by atoms with Gasteiger partial charge in [-0.2, -0.15) is 0 Å². The molecule has 5 nitrogen and oxygen atoms in total. The number of hydrogen-bond donors (Lipinski definition) is 2. The Morgan fingerprint density at radius 1 is 1.48 bits per heavy atom. The molecule has 0 fully saturated rings. The van der Waals surface area contributed by atoms with Crippen LogP contribution in [0.25, 0.3) is 0 Å². The third kappa shape index (κ3) is 4.13. The molecule has 3 N–H and O–H groups in total. The molecule has 0 saturated carbocycles. The molecule has 2 rings (SSSR count). The Labute approximate surface area is 123 Å². The summed E-state index contributed by atoms with van der Waals surface area (Å²) in [6.45, 7) is 4.15. The fourth-order valence-corrected chi connectivity index (χ4v) is 2.06. The van der Waals surface area contributed by atoms with Crippen molar-refractivity contribution in [2.45, 2.75) is 19.9 Å². The van der Waals surface area contributed by atoms with Crippen LogP contribution in [0.2, 0.25) is 0 Å². The molecule has 0 spiro atoms. The summed E-state index contributed by atoms with van der Waals surface area (Å²) in [5, 5.41) is 3.22. The fraction of sp³-hybridized carbons (Fsp3) is 0.333. The monoisotopic (exact) mass is 290 g/mol. The zero-order valence-corrected chi connectivity index (χ0v) is 12.0. The smallest absolute Gasteiger partial charge is 0.248 e. The number of hydrogen-bond acceptors (Lipinski definition) is 3. The summed E-state index contributed by atoms with van der Waals surface area (Å²) < 4.78 is 15.6. The molecular weight excluding hydrogens is 271 g/mol. The maximum absolute atomic E-state index is 13.8. The number of likely N-dealkylation sites (N-methyl/N-ethyl adjacent to an activating group) is 1. The van der Waals surface area contributed by atoms with Crippen LogP contribution in [0.1, 0.15) is 28.5 Å². The third-order valence-electron chi connectivity index (χ3n) is 3.18. The normalized spacial score (nSPS) is 10.8. The summed E-state index contributed by atoms with van der Waals surface area (Å²) in [7, 11) is 0. The van der Waals surface area contributed by atoms with Crippen molar-refractivity contribution in [3.05, 3.63) is 53.4 Å². The van der Waals surface area contributed by atoms with Crippen molar-refractivity contribution in [2.75, 3.05) is 13.1 Å². The number of nitrogens with two attached hydrogens (primary N) is 1. The second-order valence-electron chi connectivity index (χ2n) is 4.81. The summed E-state index contributed by atoms with van der Waals surface area (Å²) in [6, 6.07) is 4.13. The van der Waals surface area contributed by atoms with Gasteiger partial charge in [0.15, 0.2) is 0 Å². The van der Waals surface area contributed by atoms with Crippen LogP contribution in [-0.2, 0) is 13.0 Å². The fourth-order valence-electron chi connectivity index (χ4n) is 2.06. The molecule has 112 valence electrons. The van der Waals surface area contributed by atoms with E-state index in [1.54, 1.807) is 10.9 Å². The van der Waals surface area contributed by atoms with E-state index in [9.17, 15) is 9.18 Å². The van der Waals surface area contributed by atoms with Gasteiger partial charge >= 0.3 is 0 Å². The minimum Gasteiger partial charge on any atom is -0.366 e. The number of primary amides is 1. The van der Waals surface area contributed by atoms with Crippen LogP contribution >= 0.6 is 0 Å². The highest BCUT2D eigenvalue weighted by atomic mass is 19.1. The quantitative estimate of drug-likeness (QED) is 0.755. The average molecular weight is 290 g/mol. The van der Waals surface area contributed by atoms with Gasteiger partial charge in [0.1, 0.15) is 5.82 Å². The van der Waals surface area contributed by atoms with Crippen molar-refractivity contribution < 1.29 is 9.18 Å². The zero-order valence-electron chi connectivity index (χ0n) is 12.0. The Bertz CT molecular complexity index is 624. The first-order valence-electron chi connectivity index (χ1n) is 6.89. The van der Waals surface area contributed by atoms with Gasteiger partial charge in [-0.1, -0.05) is 6.92 Å². The lowest BCUT2D eigenvalue weighted by molar-refractivity contribution is 0.1000. The minimum absolute atomic E-state index is 0.305. The van der Waals surface area contributed by atoms with Crippen LogP contribution in [0.5, 0.6) is 0 Å². The van der Waals surface area contributed by atoms with Gasteiger partial charge in [0.2, 0.25) is 5.91 Å². The third-order valence-corrected chi connectivity index (χ3v) is 3.18. The summed E-state index contributed by atoms with van der Waals surface area (Å²) in [4.78, 5) is 15.4. The number of nitrogens with zero attached hydrogens (tertiary/aromatic N) is 2. The number of imidazole rings is 1. The minimum atomic E-state index is -0.562. The number of aromatic nitrogens is 2. The number of carbonyl (C=O) groups excluding carboxylic acids is 1. The summed E-state index contributed by atoms with van der Waals surface area (Å²) in [5.74, 6) is -0.920. The lowest BCUT2D eigenvalue weighted by Crippen LogP contribution is -2.16. The van der Waals surface area contributed by atoms with E-state index < -0.39 is 5.91 Å². The highest BCUT2D eigenvalue weighted by molar-refractivity contribution is 5.92. The summed E-state index contributed by atoms with van der Waals surface area (Å²) >= 11 is 0. The molecule has 2 aromatic rings. The van der Waals surface area contributed by atoms with E-state index in [0.717, 1.165) is 25.2 Å². The summed E-state index contributed by atoms with van der Waals surface area (Å²) in [6.07, 6.45) is 4.37. The van der Waals surface area contributed by atoms with E-state index >= 15 is 0 Å². The Morgan fingerprint density at radius 2 is 2.29 bits per heavy atom. The molecule has 0 saturated heterocycles. The molecule has 0 aliphatic heterocycles. The van der Waals surface area contributed by atoms with Crippen molar-refractivity contribution >= 4 is 5.91 Å². The van der Waals surface area contributed by atoms with E-state index in [2.05, 4.69) is 10.3 Å². The molecular formula is C15H19FN4O. The van der Waals surface area contributed by atoms with Gasteiger partial charge in [0.05, 0.1) is 18.6 Å². The van der Waals surface area contributed by atoms with E-state index in [1.165, 1.54) is 18.2 Å². The van der Waals surface area contributed by atoms with Crippen molar-refractivity contribution in [1.82, 2.24) is 14.9 Å². The average Bonchev–Trinajstić information content (AvgIpc) is 2.89. The number of rotatable bonds is 7. The Hall–Kier alpha value is -2.21. The molecule has 6 heteroatoms. The van der Waals surface area contributed by atoms with Crippen molar-refractivity contribution in [1.29, 1.82) is 0 Å².